The molecule has 0 spiro atoms. The van der Waals surface area contributed by atoms with E-state index in [-0.39, 0.29) is 0 Å². The van der Waals surface area contributed by atoms with Gasteiger partial charge >= 0.3 is 0 Å². The Kier molecular flexibility index (Phi) is 2.74. The fourth-order valence-electron chi connectivity index (χ4n) is 1.87. The van der Waals surface area contributed by atoms with Crippen LogP contribution < -0.4 is 5.73 Å². The predicted molar refractivity (Wildman–Crippen MR) is 67.8 cm³/mol. The van der Waals surface area contributed by atoms with Crippen LogP contribution in [0.3, 0.4) is 0 Å². The number of fused-ring (bicyclic) bond motifs is 1. The Morgan fingerprint density at radius 1 is 1.17 bits per heavy atom. The van der Waals surface area contributed by atoms with Gasteiger partial charge in [-0.25, -0.2) is 0 Å². The molecule has 5 nitrogen and oxygen atoms in total. The molecule has 0 radical (unpaired) electrons. The second-order valence-corrected chi connectivity index (χ2v) is 3.94. The topological polar surface area (TPSA) is 77.8 Å². The van der Waals surface area contributed by atoms with E-state index in [1.54, 1.807) is 6.20 Å². The number of nitrogens with two attached hydrogens (primary N) is 1. The summed E-state index contributed by atoms with van der Waals surface area (Å²) in [6.45, 7) is 0.502. The molecule has 2 heterocycles. The van der Waals surface area contributed by atoms with Gasteiger partial charge in [0.2, 0.25) is 0 Å². The first kappa shape index (κ1) is 10.9. The lowest BCUT2D eigenvalue weighted by molar-refractivity contribution is 0.422. The summed E-state index contributed by atoms with van der Waals surface area (Å²) in [5.74, 6) is 1.05. The second kappa shape index (κ2) is 4.54. The molecule has 0 aliphatic carbocycles. The molecule has 90 valence electrons. The molecule has 2 aromatic heterocycles. The Bertz CT molecular complexity index is 672. The number of hydrogen-bond acceptors (Lipinski definition) is 5. The number of hydrogen-bond donors (Lipinski definition) is 1. The first-order valence-electron chi connectivity index (χ1n) is 5.75. The third kappa shape index (κ3) is 1.84. The highest BCUT2D eigenvalue weighted by atomic mass is 16.5. The second-order valence-electron chi connectivity index (χ2n) is 3.94. The summed E-state index contributed by atoms with van der Waals surface area (Å²) in [5.41, 5.74) is 6.17. The Labute approximate surface area is 104 Å². The van der Waals surface area contributed by atoms with Gasteiger partial charge in [-0.05, 0) is 18.0 Å². The van der Waals surface area contributed by atoms with Gasteiger partial charge in [-0.2, -0.15) is 4.98 Å². The molecular weight excluding hydrogens is 228 g/mol. The predicted octanol–water partition coefficient (Wildman–Crippen LogP) is 1.79. The molecule has 18 heavy (non-hydrogen) atoms. The van der Waals surface area contributed by atoms with Gasteiger partial charge in [0.1, 0.15) is 5.69 Å². The van der Waals surface area contributed by atoms with E-state index >= 15 is 0 Å². The average Bonchev–Trinajstić information content (AvgIpc) is 2.87. The normalized spacial score (nSPS) is 10.9. The summed E-state index contributed by atoms with van der Waals surface area (Å²) >= 11 is 0. The van der Waals surface area contributed by atoms with Crippen molar-refractivity contribution in [2.45, 2.75) is 6.42 Å². The van der Waals surface area contributed by atoms with E-state index in [0.717, 1.165) is 10.8 Å². The summed E-state index contributed by atoms with van der Waals surface area (Å²) in [6.07, 6.45) is 2.35. The highest BCUT2D eigenvalue weighted by Crippen LogP contribution is 2.24. The quantitative estimate of drug-likeness (QED) is 0.755. The van der Waals surface area contributed by atoms with Crippen LogP contribution in [0.2, 0.25) is 0 Å². The zero-order chi connectivity index (χ0) is 12.4. The third-order valence-corrected chi connectivity index (χ3v) is 2.71. The van der Waals surface area contributed by atoms with Crippen LogP contribution in [0, 0.1) is 0 Å². The minimum Gasteiger partial charge on any atom is -0.332 e. The monoisotopic (exact) mass is 240 g/mol. The summed E-state index contributed by atoms with van der Waals surface area (Å²) in [4.78, 5) is 8.62. The molecule has 0 saturated heterocycles. The van der Waals surface area contributed by atoms with Crippen molar-refractivity contribution in [3.8, 4) is 11.6 Å². The lowest BCUT2D eigenvalue weighted by Crippen LogP contribution is -2.03. The van der Waals surface area contributed by atoms with E-state index in [1.165, 1.54) is 0 Å². The zero-order valence-electron chi connectivity index (χ0n) is 9.71. The number of nitrogens with zero attached hydrogens (tertiary/aromatic N) is 3. The van der Waals surface area contributed by atoms with Crippen molar-refractivity contribution >= 4 is 10.8 Å². The smallest absolute Gasteiger partial charge is 0.277 e. The van der Waals surface area contributed by atoms with Gasteiger partial charge in [-0.1, -0.05) is 29.4 Å². The molecule has 0 unspecified atom stereocenters. The molecule has 2 N–H and O–H groups in total. The van der Waals surface area contributed by atoms with Crippen LogP contribution >= 0.6 is 0 Å². The minimum absolute atomic E-state index is 0.440. The van der Waals surface area contributed by atoms with E-state index in [9.17, 15) is 0 Å². The first-order valence-corrected chi connectivity index (χ1v) is 5.75. The fourth-order valence-corrected chi connectivity index (χ4v) is 1.87. The van der Waals surface area contributed by atoms with Crippen LogP contribution in [0.5, 0.6) is 0 Å². The Morgan fingerprint density at radius 3 is 2.94 bits per heavy atom. The van der Waals surface area contributed by atoms with Crippen molar-refractivity contribution in [1.29, 1.82) is 0 Å². The lowest BCUT2D eigenvalue weighted by atomic mass is 10.1. The molecule has 3 aromatic rings. The van der Waals surface area contributed by atoms with Crippen molar-refractivity contribution in [3.63, 3.8) is 0 Å². The van der Waals surface area contributed by atoms with Crippen molar-refractivity contribution in [2.75, 3.05) is 6.54 Å². The number of pyridine rings is 1. The molecule has 5 heteroatoms. The molecule has 0 amide bonds. The van der Waals surface area contributed by atoms with Crippen molar-refractivity contribution < 1.29 is 4.52 Å². The number of benzene rings is 1. The highest BCUT2D eigenvalue weighted by molar-refractivity contribution is 5.92. The van der Waals surface area contributed by atoms with Crippen molar-refractivity contribution in [2.24, 2.45) is 5.73 Å². The van der Waals surface area contributed by atoms with E-state index in [4.69, 9.17) is 10.3 Å². The molecule has 0 saturated carbocycles. The van der Waals surface area contributed by atoms with Crippen LogP contribution in [0.25, 0.3) is 22.4 Å². The molecule has 0 fully saturated rings. The van der Waals surface area contributed by atoms with Crippen LogP contribution in [0.1, 0.15) is 5.82 Å². The van der Waals surface area contributed by atoms with E-state index in [2.05, 4.69) is 15.1 Å². The number of rotatable bonds is 3. The van der Waals surface area contributed by atoms with Gasteiger partial charge in [0.15, 0.2) is 5.82 Å². The van der Waals surface area contributed by atoms with Crippen molar-refractivity contribution in [1.82, 2.24) is 15.1 Å². The average molecular weight is 240 g/mol. The zero-order valence-corrected chi connectivity index (χ0v) is 9.71. The molecular formula is C13H12N4O. The molecule has 0 bridgehead atoms. The Morgan fingerprint density at radius 2 is 2.06 bits per heavy atom. The van der Waals surface area contributed by atoms with E-state index in [0.29, 0.717) is 30.4 Å². The first-order chi connectivity index (χ1) is 8.88. The largest absolute Gasteiger partial charge is 0.332 e. The molecule has 0 atom stereocenters. The Balaban J connectivity index is 2.12. The van der Waals surface area contributed by atoms with Crippen LogP contribution in [0.15, 0.2) is 41.1 Å². The number of aromatic nitrogens is 3. The van der Waals surface area contributed by atoms with Gasteiger partial charge in [0.05, 0.1) is 0 Å². The van der Waals surface area contributed by atoms with E-state index in [1.807, 2.05) is 30.3 Å². The maximum Gasteiger partial charge on any atom is 0.277 e. The van der Waals surface area contributed by atoms with Gasteiger partial charge in [0.25, 0.3) is 5.89 Å². The van der Waals surface area contributed by atoms with Gasteiger partial charge in [0, 0.05) is 18.0 Å². The molecule has 1 aromatic carbocycles. The molecule has 0 aliphatic heterocycles. The molecule has 3 rings (SSSR count). The summed E-state index contributed by atoms with van der Waals surface area (Å²) in [7, 11) is 0. The van der Waals surface area contributed by atoms with Gasteiger partial charge < -0.3 is 10.3 Å². The van der Waals surface area contributed by atoms with Crippen LogP contribution in [-0.2, 0) is 6.42 Å². The highest BCUT2D eigenvalue weighted by Gasteiger charge is 2.12. The maximum atomic E-state index is 5.46. The Hall–Kier alpha value is -2.27. The third-order valence-electron chi connectivity index (χ3n) is 2.71. The minimum atomic E-state index is 0.440. The van der Waals surface area contributed by atoms with Crippen LogP contribution in [0.4, 0.5) is 0 Å². The fraction of sp³-hybridized carbons (Fsp3) is 0.154. The SMILES string of the molecule is NCCc1noc(-c2nccc3ccccc23)n1. The standard InChI is InChI=1S/C13H12N4O/c14-7-5-11-16-13(18-17-11)12-10-4-2-1-3-9(10)6-8-15-12/h1-4,6,8H,5,7,14H2. The molecule has 0 aliphatic rings. The summed E-state index contributed by atoms with van der Waals surface area (Å²) in [5, 5.41) is 5.98. The summed E-state index contributed by atoms with van der Waals surface area (Å²) in [6, 6.07) is 9.92. The van der Waals surface area contributed by atoms with Crippen LogP contribution in [-0.4, -0.2) is 21.7 Å². The van der Waals surface area contributed by atoms with Gasteiger partial charge in [-0.15, -0.1) is 0 Å². The van der Waals surface area contributed by atoms with Gasteiger partial charge in [-0.3, -0.25) is 4.98 Å². The maximum absolute atomic E-state index is 5.46. The van der Waals surface area contributed by atoms with E-state index < -0.39 is 0 Å². The van der Waals surface area contributed by atoms with Crippen molar-refractivity contribution in [3.05, 3.63) is 42.4 Å². The lowest BCUT2D eigenvalue weighted by Gasteiger charge is -2.00. The summed E-state index contributed by atoms with van der Waals surface area (Å²) < 4.78 is 5.23.